The van der Waals surface area contributed by atoms with Gasteiger partial charge in [0.2, 0.25) is 0 Å². The summed E-state index contributed by atoms with van der Waals surface area (Å²) in [6.07, 6.45) is 0. The predicted octanol–water partition coefficient (Wildman–Crippen LogP) is 15.6. The van der Waals surface area contributed by atoms with E-state index in [1.807, 2.05) is 11.3 Å². The molecule has 3 heteroatoms. The maximum absolute atomic E-state index is 2.45. The van der Waals surface area contributed by atoms with Crippen molar-refractivity contribution in [2.24, 2.45) is 0 Å². The summed E-state index contributed by atoms with van der Waals surface area (Å²) in [7, 11) is 0. The zero-order valence-corrected chi connectivity index (χ0v) is 31.9. The van der Waals surface area contributed by atoms with E-state index in [2.05, 4.69) is 228 Å². The first-order valence-corrected chi connectivity index (χ1v) is 20.2. The van der Waals surface area contributed by atoms with Gasteiger partial charge in [0.1, 0.15) is 0 Å². The molecule has 0 saturated heterocycles. The predicted molar refractivity (Wildman–Crippen MR) is 245 cm³/mol. The van der Waals surface area contributed by atoms with Crippen LogP contribution in [0, 0.1) is 0 Å². The molecule has 57 heavy (non-hydrogen) atoms. The van der Waals surface area contributed by atoms with Crippen LogP contribution in [0.1, 0.15) is 0 Å². The van der Waals surface area contributed by atoms with Crippen LogP contribution in [0.3, 0.4) is 0 Å². The zero-order chi connectivity index (χ0) is 37.7. The van der Waals surface area contributed by atoms with Gasteiger partial charge in [0.05, 0.1) is 22.4 Å². The van der Waals surface area contributed by atoms with E-state index in [4.69, 9.17) is 0 Å². The largest absolute Gasteiger partial charge is 0.310 e. The molecule has 11 rings (SSSR count). The molecule has 2 aromatic heterocycles. The molecule has 268 valence electrons. The standard InChI is InChI=1S/C54H36N2S/c1-3-16-37(17-4-1)39-20-15-21-41(34-39)55(42-31-33-54-48(36-42)46-25-10-14-29-53(46)57-54)49-26-11-7-22-43(49)44-23-8-12-27-50(44)56-51-28-13-9-24-45(51)47-35-40(30-32-52(47)56)38-18-5-2-6-19-38/h1-36H. The van der Waals surface area contributed by atoms with Crippen molar-refractivity contribution >= 4 is 70.4 Å². The van der Waals surface area contributed by atoms with Gasteiger partial charge in [-0.2, -0.15) is 0 Å². The number of hydrogen-bond acceptors (Lipinski definition) is 2. The quantitative estimate of drug-likeness (QED) is 0.158. The van der Waals surface area contributed by atoms with E-state index in [1.54, 1.807) is 0 Å². The molecule has 11 aromatic rings. The molecule has 0 aliphatic carbocycles. The van der Waals surface area contributed by atoms with Crippen LogP contribution in [0.2, 0.25) is 0 Å². The van der Waals surface area contributed by atoms with E-state index in [9.17, 15) is 0 Å². The fourth-order valence-corrected chi connectivity index (χ4v) is 9.66. The first kappa shape index (κ1) is 33.2. The monoisotopic (exact) mass is 744 g/mol. The average Bonchev–Trinajstić information content (AvgIpc) is 3.82. The van der Waals surface area contributed by atoms with Crippen LogP contribution in [-0.4, -0.2) is 4.57 Å². The normalized spacial score (nSPS) is 11.5. The minimum Gasteiger partial charge on any atom is -0.310 e. The molecule has 9 aromatic carbocycles. The van der Waals surface area contributed by atoms with Crippen molar-refractivity contribution in [3.05, 3.63) is 218 Å². The number of fused-ring (bicyclic) bond motifs is 6. The third kappa shape index (κ3) is 5.71. The van der Waals surface area contributed by atoms with E-state index in [0.29, 0.717) is 0 Å². The molecule has 0 bridgehead atoms. The molecule has 0 amide bonds. The van der Waals surface area contributed by atoms with Gasteiger partial charge in [-0.1, -0.05) is 152 Å². The van der Waals surface area contributed by atoms with Crippen LogP contribution in [-0.2, 0) is 0 Å². The summed E-state index contributed by atoms with van der Waals surface area (Å²) in [6, 6.07) is 79.5. The number of benzene rings is 9. The molecular formula is C54H36N2S. The maximum atomic E-state index is 2.45. The Kier molecular flexibility index (Phi) is 8.04. The maximum Gasteiger partial charge on any atom is 0.0541 e. The van der Waals surface area contributed by atoms with Gasteiger partial charge in [-0.05, 0) is 89.0 Å². The highest BCUT2D eigenvalue weighted by atomic mass is 32.1. The summed E-state index contributed by atoms with van der Waals surface area (Å²) in [5.74, 6) is 0. The zero-order valence-electron chi connectivity index (χ0n) is 31.1. The number of anilines is 3. The number of aromatic nitrogens is 1. The average molecular weight is 745 g/mol. The molecule has 0 radical (unpaired) electrons. The number of nitrogens with zero attached hydrogens (tertiary/aromatic N) is 2. The van der Waals surface area contributed by atoms with E-state index >= 15 is 0 Å². The fraction of sp³-hybridized carbons (Fsp3) is 0. The van der Waals surface area contributed by atoms with Crippen molar-refractivity contribution in [2.75, 3.05) is 4.90 Å². The number of rotatable bonds is 7. The van der Waals surface area contributed by atoms with Crippen LogP contribution in [0.15, 0.2) is 218 Å². The van der Waals surface area contributed by atoms with Crippen LogP contribution < -0.4 is 4.90 Å². The number of para-hydroxylation sites is 3. The van der Waals surface area contributed by atoms with Crippen LogP contribution >= 0.6 is 11.3 Å². The minimum absolute atomic E-state index is 1.10. The Morgan fingerprint density at radius 2 is 0.930 bits per heavy atom. The Morgan fingerprint density at radius 1 is 0.333 bits per heavy atom. The lowest BCUT2D eigenvalue weighted by atomic mass is 9.98. The molecule has 2 heterocycles. The smallest absolute Gasteiger partial charge is 0.0541 e. The van der Waals surface area contributed by atoms with Crippen molar-refractivity contribution < 1.29 is 0 Å². The van der Waals surface area contributed by atoms with Crippen LogP contribution in [0.5, 0.6) is 0 Å². The van der Waals surface area contributed by atoms with Crippen LogP contribution in [0.25, 0.3) is 81.0 Å². The molecule has 0 spiro atoms. The second kappa shape index (κ2) is 13.8. The van der Waals surface area contributed by atoms with Crippen molar-refractivity contribution in [3.63, 3.8) is 0 Å². The molecule has 0 fully saturated rings. The second-order valence-corrected chi connectivity index (χ2v) is 15.6. The van der Waals surface area contributed by atoms with E-state index in [0.717, 1.165) is 33.9 Å². The molecule has 0 saturated carbocycles. The molecule has 0 N–H and O–H groups in total. The molecular weight excluding hydrogens is 709 g/mol. The van der Waals surface area contributed by atoms with E-state index in [-0.39, 0.29) is 0 Å². The summed E-state index contributed by atoms with van der Waals surface area (Å²) in [5.41, 5.74) is 14.0. The lowest BCUT2D eigenvalue weighted by Crippen LogP contribution is -2.11. The van der Waals surface area contributed by atoms with Gasteiger partial charge < -0.3 is 9.47 Å². The van der Waals surface area contributed by atoms with Crippen molar-refractivity contribution in [2.45, 2.75) is 0 Å². The summed E-state index contributed by atoms with van der Waals surface area (Å²) >= 11 is 1.85. The van der Waals surface area contributed by atoms with Gasteiger partial charge in [0, 0.05) is 53.4 Å². The second-order valence-electron chi connectivity index (χ2n) is 14.5. The van der Waals surface area contributed by atoms with Gasteiger partial charge in [-0.15, -0.1) is 11.3 Å². The van der Waals surface area contributed by atoms with Gasteiger partial charge in [-0.25, -0.2) is 0 Å². The summed E-state index contributed by atoms with van der Waals surface area (Å²) in [5, 5.41) is 5.04. The lowest BCUT2D eigenvalue weighted by molar-refractivity contribution is 1.18. The van der Waals surface area contributed by atoms with Gasteiger partial charge >= 0.3 is 0 Å². The Labute approximate surface area is 335 Å². The Bertz CT molecular complexity index is 3250. The van der Waals surface area contributed by atoms with E-state index < -0.39 is 0 Å². The lowest BCUT2D eigenvalue weighted by Gasteiger charge is -2.29. The minimum atomic E-state index is 1.10. The summed E-state index contributed by atoms with van der Waals surface area (Å²) in [6.45, 7) is 0. The Hall–Kier alpha value is -7.20. The van der Waals surface area contributed by atoms with Gasteiger partial charge in [0.25, 0.3) is 0 Å². The highest BCUT2D eigenvalue weighted by molar-refractivity contribution is 7.25. The van der Waals surface area contributed by atoms with Gasteiger partial charge in [-0.3, -0.25) is 0 Å². The van der Waals surface area contributed by atoms with Crippen molar-refractivity contribution in [1.29, 1.82) is 0 Å². The first-order chi connectivity index (χ1) is 28.3. The third-order valence-electron chi connectivity index (χ3n) is 11.2. The Morgan fingerprint density at radius 3 is 1.75 bits per heavy atom. The SMILES string of the molecule is c1ccc(-c2cccc(N(c3ccc4sc5ccccc5c4c3)c3ccccc3-c3ccccc3-n3c4ccccc4c4cc(-c5ccccc5)ccc43)c2)cc1. The van der Waals surface area contributed by atoms with Crippen molar-refractivity contribution in [1.82, 2.24) is 4.57 Å². The topological polar surface area (TPSA) is 8.17 Å². The number of hydrogen-bond donors (Lipinski definition) is 0. The molecule has 0 aliphatic heterocycles. The first-order valence-electron chi connectivity index (χ1n) is 19.4. The Balaban J connectivity index is 1.14. The number of thiophene rings is 1. The highest BCUT2D eigenvalue weighted by Gasteiger charge is 2.22. The van der Waals surface area contributed by atoms with Gasteiger partial charge in [0.15, 0.2) is 0 Å². The van der Waals surface area contributed by atoms with Crippen LogP contribution in [0.4, 0.5) is 17.1 Å². The van der Waals surface area contributed by atoms with E-state index in [1.165, 1.54) is 64.2 Å². The third-order valence-corrected chi connectivity index (χ3v) is 12.3. The summed E-state index contributed by atoms with van der Waals surface area (Å²) in [4.78, 5) is 2.45. The van der Waals surface area contributed by atoms with Crippen molar-refractivity contribution in [3.8, 4) is 39.1 Å². The highest BCUT2D eigenvalue weighted by Crippen LogP contribution is 2.46. The fourth-order valence-electron chi connectivity index (χ4n) is 8.57. The molecule has 2 nitrogen and oxygen atoms in total. The molecule has 0 atom stereocenters. The summed E-state index contributed by atoms with van der Waals surface area (Å²) < 4.78 is 5.05. The molecule has 0 aliphatic rings. The molecule has 0 unspecified atom stereocenters.